The Kier molecular flexibility index (Phi) is 6.26. The van der Waals surface area contributed by atoms with E-state index in [0.29, 0.717) is 38.9 Å². The number of benzene rings is 1. The lowest BCUT2D eigenvalue weighted by Gasteiger charge is -2.34. The van der Waals surface area contributed by atoms with E-state index in [1.165, 1.54) is 22.6 Å². The Bertz CT molecular complexity index is 820. The highest BCUT2D eigenvalue weighted by Crippen LogP contribution is 2.23. The molecule has 2 amide bonds. The first-order chi connectivity index (χ1) is 12.9. The second-order valence-corrected chi connectivity index (χ2v) is 8.18. The monoisotopic (exact) mass is 388 g/mol. The lowest BCUT2D eigenvalue weighted by atomic mass is 9.95. The number of hydrogen-bond donors (Lipinski definition) is 0. The molecule has 4 nitrogen and oxygen atoms in total. The van der Waals surface area contributed by atoms with E-state index < -0.39 is 0 Å². The number of hydrogen-bond acceptors (Lipinski definition) is 3. The SMILES string of the molecule is Cc1ccsc1CN(C)C(=O)[C@@H]1CCC(=O)N(CCc2cccc(F)c2)C1. The zero-order valence-corrected chi connectivity index (χ0v) is 16.6. The van der Waals surface area contributed by atoms with E-state index in [1.807, 2.05) is 18.5 Å². The second kappa shape index (κ2) is 8.65. The molecule has 1 aromatic heterocycles. The van der Waals surface area contributed by atoms with E-state index in [2.05, 4.69) is 13.0 Å². The van der Waals surface area contributed by atoms with Gasteiger partial charge in [0.05, 0.1) is 12.5 Å². The number of rotatable bonds is 6. The summed E-state index contributed by atoms with van der Waals surface area (Å²) in [6.45, 7) is 3.62. The zero-order valence-electron chi connectivity index (χ0n) is 15.8. The van der Waals surface area contributed by atoms with Crippen molar-refractivity contribution in [2.75, 3.05) is 20.1 Å². The molecule has 6 heteroatoms. The van der Waals surface area contributed by atoms with Crippen LogP contribution in [0.2, 0.25) is 0 Å². The van der Waals surface area contributed by atoms with E-state index in [0.717, 1.165) is 5.56 Å². The fourth-order valence-corrected chi connectivity index (χ4v) is 4.42. The van der Waals surface area contributed by atoms with E-state index >= 15 is 0 Å². The average molecular weight is 389 g/mol. The number of nitrogens with zero attached hydrogens (tertiary/aromatic N) is 2. The van der Waals surface area contributed by atoms with Crippen LogP contribution in [0, 0.1) is 18.7 Å². The molecule has 0 N–H and O–H groups in total. The number of carbonyl (C=O) groups is 2. The summed E-state index contributed by atoms with van der Waals surface area (Å²) in [7, 11) is 1.83. The van der Waals surface area contributed by atoms with Crippen molar-refractivity contribution in [1.82, 2.24) is 9.80 Å². The van der Waals surface area contributed by atoms with Gasteiger partial charge < -0.3 is 9.80 Å². The maximum atomic E-state index is 13.3. The summed E-state index contributed by atoms with van der Waals surface area (Å²) < 4.78 is 13.3. The summed E-state index contributed by atoms with van der Waals surface area (Å²) in [4.78, 5) is 29.8. The number of aryl methyl sites for hydroxylation is 1. The van der Waals surface area contributed by atoms with Gasteiger partial charge in [-0.1, -0.05) is 12.1 Å². The van der Waals surface area contributed by atoms with Crippen molar-refractivity contribution >= 4 is 23.2 Å². The van der Waals surface area contributed by atoms with E-state index in [9.17, 15) is 14.0 Å². The van der Waals surface area contributed by atoms with Gasteiger partial charge in [-0.05, 0) is 54.5 Å². The lowest BCUT2D eigenvalue weighted by Crippen LogP contribution is -2.46. The van der Waals surface area contributed by atoms with Gasteiger partial charge in [0.25, 0.3) is 0 Å². The van der Waals surface area contributed by atoms with Crippen LogP contribution in [-0.2, 0) is 22.6 Å². The highest BCUT2D eigenvalue weighted by molar-refractivity contribution is 7.10. The molecule has 1 aromatic carbocycles. The van der Waals surface area contributed by atoms with Crippen LogP contribution in [0.4, 0.5) is 4.39 Å². The van der Waals surface area contributed by atoms with Crippen molar-refractivity contribution < 1.29 is 14.0 Å². The quantitative estimate of drug-likeness (QED) is 0.758. The van der Waals surface area contributed by atoms with Crippen LogP contribution >= 0.6 is 11.3 Å². The maximum absolute atomic E-state index is 13.3. The largest absolute Gasteiger partial charge is 0.342 e. The summed E-state index contributed by atoms with van der Waals surface area (Å²) in [5, 5.41) is 2.04. The number of piperidine rings is 1. The first-order valence-corrected chi connectivity index (χ1v) is 10.1. The number of amides is 2. The topological polar surface area (TPSA) is 40.6 Å². The minimum atomic E-state index is -0.268. The van der Waals surface area contributed by atoms with Crippen LogP contribution in [-0.4, -0.2) is 41.8 Å². The Balaban J connectivity index is 1.57. The molecule has 0 radical (unpaired) electrons. The fraction of sp³-hybridized carbons (Fsp3) is 0.429. The Morgan fingerprint density at radius 1 is 1.37 bits per heavy atom. The Hall–Kier alpha value is -2.21. The third kappa shape index (κ3) is 4.95. The van der Waals surface area contributed by atoms with E-state index in [1.54, 1.807) is 27.2 Å². The van der Waals surface area contributed by atoms with Crippen molar-refractivity contribution in [3.05, 3.63) is 57.5 Å². The molecule has 2 heterocycles. The molecule has 1 saturated heterocycles. The number of carbonyl (C=O) groups excluding carboxylic acids is 2. The van der Waals surface area contributed by atoms with Crippen molar-refractivity contribution in [2.45, 2.75) is 32.7 Å². The molecule has 1 fully saturated rings. The molecule has 1 atom stereocenters. The summed E-state index contributed by atoms with van der Waals surface area (Å²) in [5.41, 5.74) is 2.07. The fourth-order valence-electron chi connectivity index (χ4n) is 3.46. The summed E-state index contributed by atoms with van der Waals surface area (Å²) >= 11 is 1.66. The maximum Gasteiger partial charge on any atom is 0.227 e. The Morgan fingerprint density at radius 3 is 2.89 bits per heavy atom. The van der Waals surface area contributed by atoms with Crippen molar-refractivity contribution in [2.24, 2.45) is 5.92 Å². The molecular formula is C21H25FN2O2S. The molecule has 1 aliphatic heterocycles. The first-order valence-electron chi connectivity index (χ1n) is 9.24. The normalized spacial score (nSPS) is 17.2. The van der Waals surface area contributed by atoms with Crippen molar-refractivity contribution in [3.8, 4) is 0 Å². The summed E-state index contributed by atoms with van der Waals surface area (Å²) in [6.07, 6.45) is 1.59. The molecule has 0 bridgehead atoms. The first kappa shape index (κ1) is 19.5. The molecule has 0 spiro atoms. The molecule has 1 aliphatic rings. The van der Waals surface area contributed by atoms with Gasteiger partial charge in [0.15, 0.2) is 0 Å². The molecule has 0 aliphatic carbocycles. The second-order valence-electron chi connectivity index (χ2n) is 7.18. The minimum absolute atomic E-state index is 0.0761. The van der Waals surface area contributed by atoms with Gasteiger partial charge in [0.2, 0.25) is 11.8 Å². The number of likely N-dealkylation sites (tertiary alicyclic amines) is 1. The highest BCUT2D eigenvalue weighted by atomic mass is 32.1. The van der Waals surface area contributed by atoms with Gasteiger partial charge in [0.1, 0.15) is 5.82 Å². The molecule has 27 heavy (non-hydrogen) atoms. The lowest BCUT2D eigenvalue weighted by molar-refractivity contribution is -0.142. The van der Waals surface area contributed by atoms with Crippen molar-refractivity contribution in [3.63, 3.8) is 0 Å². The van der Waals surface area contributed by atoms with Gasteiger partial charge in [-0.15, -0.1) is 11.3 Å². The van der Waals surface area contributed by atoms with Crippen LogP contribution in [0.5, 0.6) is 0 Å². The summed E-state index contributed by atoms with van der Waals surface area (Å²) in [6, 6.07) is 8.50. The molecular weight excluding hydrogens is 363 g/mol. The summed E-state index contributed by atoms with van der Waals surface area (Å²) in [5.74, 6) is -0.269. The van der Waals surface area contributed by atoms with Crippen LogP contribution in [0.1, 0.15) is 28.8 Å². The van der Waals surface area contributed by atoms with Crippen LogP contribution in [0.3, 0.4) is 0 Å². The molecule has 144 valence electrons. The molecule has 2 aromatic rings. The standard InChI is InChI=1S/C21H25FN2O2S/c1-15-9-11-27-19(15)14-23(2)21(26)17-6-7-20(25)24(13-17)10-8-16-4-3-5-18(22)12-16/h3-5,9,11-12,17H,6-8,10,13-14H2,1-2H3/t17-/m1/s1. The van der Waals surface area contributed by atoms with Gasteiger partial charge in [-0.2, -0.15) is 0 Å². The predicted octanol–water partition coefficient (Wildman–Crippen LogP) is 3.64. The molecule has 0 saturated carbocycles. The number of halogens is 1. The predicted molar refractivity (Wildman–Crippen MR) is 105 cm³/mol. The van der Waals surface area contributed by atoms with E-state index in [4.69, 9.17) is 0 Å². The van der Waals surface area contributed by atoms with Crippen LogP contribution < -0.4 is 0 Å². The molecule has 3 rings (SSSR count). The van der Waals surface area contributed by atoms with Gasteiger partial charge >= 0.3 is 0 Å². The van der Waals surface area contributed by atoms with Crippen molar-refractivity contribution in [1.29, 1.82) is 0 Å². The van der Waals surface area contributed by atoms with Gasteiger partial charge in [0, 0.05) is 31.4 Å². The number of thiophene rings is 1. The Morgan fingerprint density at radius 2 is 2.19 bits per heavy atom. The third-order valence-corrected chi connectivity index (χ3v) is 6.14. The van der Waals surface area contributed by atoms with Crippen LogP contribution in [0.25, 0.3) is 0 Å². The molecule has 0 unspecified atom stereocenters. The van der Waals surface area contributed by atoms with Gasteiger partial charge in [-0.25, -0.2) is 4.39 Å². The zero-order chi connectivity index (χ0) is 19.4. The highest BCUT2D eigenvalue weighted by Gasteiger charge is 2.31. The van der Waals surface area contributed by atoms with Gasteiger partial charge in [-0.3, -0.25) is 9.59 Å². The third-order valence-electron chi connectivity index (χ3n) is 5.13. The average Bonchev–Trinajstić information content (AvgIpc) is 3.05. The van der Waals surface area contributed by atoms with E-state index in [-0.39, 0.29) is 23.5 Å². The smallest absolute Gasteiger partial charge is 0.227 e. The van der Waals surface area contributed by atoms with Crippen LogP contribution in [0.15, 0.2) is 35.7 Å². The Labute approximate surface area is 163 Å². The minimum Gasteiger partial charge on any atom is -0.342 e.